The van der Waals surface area contributed by atoms with Gasteiger partial charge in [0.25, 0.3) is 10.1 Å². The van der Waals surface area contributed by atoms with Gasteiger partial charge >= 0.3 is 0 Å². The minimum Gasteiger partial charge on any atom is -0.392 e. The van der Waals surface area contributed by atoms with Crippen LogP contribution in [0.15, 0.2) is 23.1 Å². The summed E-state index contributed by atoms with van der Waals surface area (Å²) >= 11 is 0. The second-order valence-electron chi connectivity index (χ2n) is 3.63. The first-order chi connectivity index (χ1) is 7.63. The summed E-state index contributed by atoms with van der Waals surface area (Å²) < 4.78 is 52.9. The zero-order valence-electron chi connectivity index (χ0n) is 8.99. The molecule has 0 unspecified atom stereocenters. The predicted molar refractivity (Wildman–Crippen MR) is 60.7 cm³/mol. The first kappa shape index (κ1) is 14.1. The Morgan fingerprint density at radius 1 is 1.12 bits per heavy atom. The molecule has 0 spiro atoms. The summed E-state index contributed by atoms with van der Waals surface area (Å²) in [5.74, 6) is -0.397. The Morgan fingerprint density at radius 3 is 2.12 bits per heavy atom. The molecular formula is C9H12O6S2. The number of hydrogen-bond acceptors (Lipinski definition) is 5. The van der Waals surface area contributed by atoms with Crippen LogP contribution in [0.25, 0.3) is 0 Å². The Hall–Kier alpha value is -0.960. The maximum atomic E-state index is 11.1. The van der Waals surface area contributed by atoms with Crippen molar-refractivity contribution in [2.24, 2.45) is 0 Å². The highest BCUT2D eigenvalue weighted by molar-refractivity contribution is 7.89. The third-order valence-corrected chi connectivity index (χ3v) is 3.75. The Kier molecular flexibility index (Phi) is 3.92. The molecular weight excluding hydrogens is 268 g/mol. The first-order valence-electron chi connectivity index (χ1n) is 4.51. The molecule has 96 valence electrons. The maximum absolute atomic E-state index is 11.1. The zero-order valence-corrected chi connectivity index (χ0v) is 10.6. The molecule has 17 heavy (non-hydrogen) atoms. The number of aliphatic hydroxyl groups excluding tert-OH is 1. The molecule has 2 N–H and O–H groups in total. The number of sulfone groups is 1. The average molecular weight is 280 g/mol. The summed E-state index contributed by atoms with van der Waals surface area (Å²) in [5, 5.41) is 9.00. The van der Waals surface area contributed by atoms with Gasteiger partial charge in [0.1, 0.15) is 0 Å². The van der Waals surface area contributed by atoms with Crippen molar-refractivity contribution < 1.29 is 26.5 Å². The van der Waals surface area contributed by atoms with Gasteiger partial charge in [-0.1, -0.05) is 6.07 Å². The van der Waals surface area contributed by atoms with Crippen molar-refractivity contribution in [2.75, 3.05) is 6.26 Å². The van der Waals surface area contributed by atoms with Gasteiger partial charge in [0, 0.05) is 6.26 Å². The van der Waals surface area contributed by atoms with E-state index >= 15 is 0 Å². The van der Waals surface area contributed by atoms with Crippen molar-refractivity contribution in [3.05, 3.63) is 29.3 Å². The van der Waals surface area contributed by atoms with Gasteiger partial charge in [0.05, 0.1) is 17.3 Å². The fourth-order valence-electron chi connectivity index (χ4n) is 1.33. The van der Waals surface area contributed by atoms with Crippen molar-refractivity contribution in [2.45, 2.75) is 17.3 Å². The van der Waals surface area contributed by atoms with Crippen LogP contribution in [-0.4, -0.2) is 32.8 Å². The van der Waals surface area contributed by atoms with Crippen molar-refractivity contribution in [1.29, 1.82) is 0 Å². The highest BCUT2D eigenvalue weighted by Gasteiger charge is 2.15. The molecule has 1 rings (SSSR count). The van der Waals surface area contributed by atoms with Crippen LogP contribution in [0.3, 0.4) is 0 Å². The lowest BCUT2D eigenvalue weighted by atomic mass is 10.1. The molecule has 6 nitrogen and oxygen atoms in total. The van der Waals surface area contributed by atoms with Crippen molar-refractivity contribution in [1.82, 2.24) is 0 Å². The summed E-state index contributed by atoms with van der Waals surface area (Å²) in [4.78, 5) is -0.395. The van der Waals surface area contributed by atoms with E-state index in [0.29, 0.717) is 5.56 Å². The van der Waals surface area contributed by atoms with Crippen LogP contribution in [0, 0.1) is 0 Å². The number of aliphatic hydroxyl groups is 1. The SMILES string of the molecule is CS(=O)(=O)Cc1cc(S(=O)(=O)O)ccc1CO. The summed E-state index contributed by atoms with van der Waals surface area (Å²) in [6.07, 6.45) is 0.994. The van der Waals surface area contributed by atoms with Crippen molar-refractivity contribution >= 4 is 20.0 Å². The van der Waals surface area contributed by atoms with E-state index in [1.807, 2.05) is 0 Å². The van der Waals surface area contributed by atoms with Gasteiger partial charge in [-0.15, -0.1) is 0 Å². The number of benzene rings is 1. The molecule has 0 bridgehead atoms. The molecule has 0 radical (unpaired) electrons. The van der Waals surface area contributed by atoms with Crippen LogP contribution in [-0.2, 0) is 32.3 Å². The Balaban J connectivity index is 3.35. The lowest BCUT2D eigenvalue weighted by Crippen LogP contribution is -2.07. The second-order valence-corrected chi connectivity index (χ2v) is 7.20. The van der Waals surface area contributed by atoms with Crippen LogP contribution in [0.1, 0.15) is 11.1 Å². The van der Waals surface area contributed by atoms with Crippen LogP contribution in [0.4, 0.5) is 0 Å². The van der Waals surface area contributed by atoms with E-state index in [2.05, 4.69) is 0 Å². The molecule has 0 saturated carbocycles. The molecule has 0 atom stereocenters. The quantitative estimate of drug-likeness (QED) is 0.750. The molecule has 0 amide bonds. The summed E-state index contributed by atoms with van der Waals surface area (Å²) in [7, 11) is -7.74. The minimum atomic E-state index is -4.38. The standard InChI is InChI=1S/C9H12O6S2/c1-16(11,12)6-8-4-9(17(13,14)15)3-2-7(8)5-10/h2-4,10H,5-6H2,1H3,(H,13,14,15). The molecule has 0 aromatic heterocycles. The monoisotopic (exact) mass is 280 g/mol. The van der Waals surface area contributed by atoms with Gasteiger partial charge in [-0.25, -0.2) is 8.42 Å². The van der Waals surface area contributed by atoms with Gasteiger partial charge in [-0.2, -0.15) is 8.42 Å². The summed E-state index contributed by atoms with van der Waals surface area (Å²) in [6.45, 7) is -0.406. The molecule has 1 aromatic rings. The van der Waals surface area contributed by atoms with E-state index in [0.717, 1.165) is 18.4 Å². The number of hydrogen-bond donors (Lipinski definition) is 2. The van der Waals surface area contributed by atoms with E-state index in [1.54, 1.807) is 0 Å². The molecule has 8 heteroatoms. The second kappa shape index (κ2) is 4.73. The maximum Gasteiger partial charge on any atom is 0.294 e. The normalized spacial score (nSPS) is 12.6. The molecule has 0 aliphatic rings. The van der Waals surface area contributed by atoms with E-state index < -0.39 is 37.2 Å². The topological polar surface area (TPSA) is 109 Å². The Bertz CT molecular complexity index is 615. The first-order valence-corrected chi connectivity index (χ1v) is 8.01. The van der Waals surface area contributed by atoms with Gasteiger partial charge in [-0.05, 0) is 23.3 Å². The third-order valence-electron chi connectivity index (χ3n) is 2.06. The van der Waals surface area contributed by atoms with E-state index in [1.165, 1.54) is 6.07 Å². The average Bonchev–Trinajstić information content (AvgIpc) is 2.13. The molecule has 0 heterocycles. The largest absolute Gasteiger partial charge is 0.392 e. The van der Waals surface area contributed by atoms with Crippen molar-refractivity contribution in [3.63, 3.8) is 0 Å². The van der Waals surface area contributed by atoms with Crippen LogP contribution in [0.5, 0.6) is 0 Å². The van der Waals surface area contributed by atoms with Gasteiger partial charge < -0.3 is 5.11 Å². The molecule has 0 aliphatic carbocycles. The molecule has 0 fully saturated rings. The van der Waals surface area contributed by atoms with E-state index in [4.69, 9.17) is 9.66 Å². The smallest absolute Gasteiger partial charge is 0.294 e. The summed E-state index contributed by atoms with van der Waals surface area (Å²) in [5.41, 5.74) is 0.466. The Labute approximate surface area is 99.6 Å². The van der Waals surface area contributed by atoms with E-state index in [-0.39, 0.29) is 5.56 Å². The minimum absolute atomic E-state index is 0.158. The molecule has 0 saturated heterocycles. The Morgan fingerprint density at radius 2 is 1.71 bits per heavy atom. The lowest BCUT2D eigenvalue weighted by Gasteiger charge is -2.08. The van der Waals surface area contributed by atoms with Crippen molar-refractivity contribution in [3.8, 4) is 0 Å². The zero-order chi connectivity index (χ0) is 13.3. The van der Waals surface area contributed by atoms with Crippen LogP contribution >= 0.6 is 0 Å². The van der Waals surface area contributed by atoms with Crippen LogP contribution in [0.2, 0.25) is 0 Å². The highest BCUT2D eigenvalue weighted by atomic mass is 32.2. The number of rotatable bonds is 4. The third kappa shape index (κ3) is 4.08. The summed E-state index contributed by atoms with van der Waals surface area (Å²) in [6, 6.07) is 3.41. The highest BCUT2D eigenvalue weighted by Crippen LogP contribution is 2.18. The fourth-order valence-corrected chi connectivity index (χ4v) is 2.70. The molecule has 1 aromatic carbocycles. The van der Waals surface area contributed by atoms with Gasteiger partial charge in [-0.3, -0.25) is 4.55 Å². The molecule has 0 aliphatic heterocycles. The lowest BCUT2D eigenvalue weighted by molar-refractivity contribution is 0.281. The predicted octanol–water partition coefficient (Wildman–Crippen LogP) is -0.0298. The van der Waals surface area contributed by atoms with Crippen LogP contribution < -0.4 is 0 Å². The fraction of sp³-hybridized carbons (Fsp3) is 0.333. The van der Waals surface area contributed by atoms with Gasteiger partial charge in [0.15, 0.2) is 9.84 Å². The van der Waals surface area contributed by atoms with E-state index in [9.17, 15) is 16.8 Å². The van der Waals surface area contributed by atoms with Gasteiger partial charge in [0.2, 0.25) is 0 Å².